The maximum absolute atomic E-state index is 12.0. The summed E-state index contributed by atoms with van der Waals surface area (Å²) in [6.07, 6.45) is 6.62. The Labute approximate surface area is 117 Å². The summed E-state index contributed by atoms with van der Waals surface area (Å²) in [5.74, 6) is 1.33. The third-order valence-corrected chi connectivity index (χ3v) is 3.19. The normalized spacial score (nSPS) is 20.2. The SMILES string of the molecule is C=CCOC1=CC(=O)N(C2C=Cc3ccccc3O2)C1. The molecule has 0 saturated heterocycles. The summed E-state index contributed by atoms with van der Waals surface area (Å²) in [4.78, 5) is 13.6. The highest BCUT2D eigenvalue weighted by Gasteiger charge is 2.30. The van der Waals surface area contributed by atoms with E-state index in [1.54, 1.807) is 11.0 Å². The molecule has 2 heterocycles. The molecule has 0 saturated carbocycles. The van der Waals surface area contributed by atoms with E-state index in [-0.39, 0.29) is 5.91 Å². The second-order valence-electron chi connectivity index (χ2n) is 4.58. The van der Waals surface area contributed by atoms with Crippen LogP contribution < -0.4 is 4.74 Å². The molecule has 102 valence electrons. The Bertz CT molecular complexity index is 603. The highest BCUT2D eigenvalue weighted by Crippen LogP contribution is 2.28. The first-order valence-electron chi connectivity index (χ1n) is 6.46. The zero-order valence-corrected chi connectivity index (χ0v) is 11.0. The van der Waals surface area contributed by atoms with Gasteiger partial charge in [-0.15, -0.1) is 0 Å². The fourth-order valence-corrected chi connectivity index (χ4v) is 2.23. The minimum absolute atomic E-state index is 0.0990. The van der Waals surface area contributed by atoms with E-state index < -0.39 is 6.23 Å². The lowest BCUT2D eigenvalue weighted by Gasteiger charge is -2.29. The van der Waals surface area contributed by atoms with Crippen LogP contribution in [-0.2, 0) is 9.53 Å². The lowest BCUT2D eigenvalue weighted by molar-refractivity contribution is -0.130. The number of amides is 1. The van der Waals surface area contributed by atoms with Gasteiger partial charge in [-0.2, -0.15) is 0 Å². The quantitative estimate of drug-likeness (QED) is 0.788. The Kier molecular flexibility index (Phi) is 3.29. The van der Waals surface area contributed by atoms with E-state index in [4.69, 9.17) is 9.47 Å². The Morgan fingerprint density at radius 3 is 3.15 bits per heavy atom. The molecule has 1 aromatic rings. The molecule has 0 aromatic heterocycles. The molecular weight excluding hydrogens is 254 g/mol. The summed E-state index contributed by atoms with van der Waals surface area (Å²) in [6, 6.07) is 7.74. The van der Waals surface area contributed by atoms with Gasteiger partial charge in [-0.1, -0.05) is 30.9 Å². The van der Waals surface area contributed by atoms with Crippen molar-refractivity contribution in [3.05, 3.63) is 60.4 Å². The Hall–Kier alpha value is -2.49. The van der Waals surface area contributed by atoms with Crippen molar-refractivity contribution in [2.45, 2.75) is 6.23 Å². The number of nitrogens with zero attached hydrogens (tertiary/aromatic N) is 1. The van der Waals surface area contributed by atoms with Gasteiger partial charge in [0.15, 0.2) is 6.23 Å². The molecule has 0 N–H and O–H groups in total. The summed E-state index contributed by atoms with van der Waals surface area (Å²) in [6.45, 7) is 4.41. The highest BCUT2D eigenvalue weighted by atomic mass is 16.5. The van der Waals surface area contributed by atoms with E-state index in [0.717, 1.165) is 11.3 Å². The molecule has 0 fully saturated rings. The first-order chi connectivity index (χ1) is 9.78. The van der Waals surface area contributed by atoms with E-state index in [9.17, 15) is 4.79 Å². The maximum atomic E-state index is 12.0. The Morgan fingerprint density at radius 1 is 1.45 bits per heavy atom. The van der Waals surface area contributed by atoms with Crippen LogP contribution in [0.25, 0.3) is 6.08 Å². The smallest absolute Gasteiger partial charge is 0.253 e. The van der Waals surface area contributed by atoms with Gasteiger partial charge in [-0.25, -0.2) is 0 Å². The van der Waals surface area contributed by atoms with E-state index in [0.29, 0.717) is 18.9 Å². The van der Waals surface area contributed by atoms with Crippen molar-refractivity contribution in [3.8, 4) is 5.75 Å². The van der Waals surface area contributed by atoms with Crippen molar-refractivity contribution >= 4 is 12.0 Å². The molecule has 1 unspecified atom stereocenters. The van der Waals surface area contributed by atoms with Gasteiger partial charge in [-0.3, -0.25) is 9.69 Å². The number of hydrogen-bond acceptors (Lipinski definition) is 3. The predicted octanol–water partition coefficient (Wildman–Crippen LogP) is 2.35. The van der Waals surface area contributed by atoms with Gasteiger partial charge in [-0.05, 0) is 18.2 Å². The van der Waals surface area contributed by atoms with Gasteiger partial charge in [0.1, 0.15) is 18.1 Å². The van der Waals surface area contributed by atoms with Gasteiger partial charge in [0.05, 0.1) is 6.54 Å². The Balaban J connectivity index is 1.71. The van der Waals surface area contributed by atoms with Crippen LogP contribution in [0.4, 0.5) is 0 Å². The molecule has 1 atom stereocenters. The van der Waals surface area contributed by atoms with Crippen molar-refractivity contribution in [3.63, 3.8) is 0 Å². The van der Waals surface area contributed by atoms with Gasteiger partial charge in [0, 0.05) is 11.6 Å². The van der Waals surface area contributed by atoms with Gasteiger partial charge in [0.25, 0.3) is 5.91 Å². The molecule has 3 rings (SSSR count). The number of para-hydroxylation sites is 1. The molecule has 4 nitrogen and oxygen atoms in total. The molecule has 2 aliphatic rings. The van der Waals surface area contributed by atoms with E-state index in [1.165, 1.54) is 6.08 Å². The minimum atomic E-state index is -0.390. The van der Waals surface area contributed by atoms with Crippen LogP contribution in [0, 0.1) is 0 Å². The molecule has 0 bridgehead atoms. The van der Waals surface area contributed by atoms with Crippen molar-refractivity contribution in [2.24, 2.45) is 0 Å². The highest BCUT2D eigenvalue weighted by molar-refractivity contribution is 5.91. The number of carbonyl (C=O) groups is 1. The van der Waals surface area contributed by atoms with Crippen LogP contribution in [-0.4, -0.2) is 30.2 Å². The predicted molar refractivity (Wildman–Crippen MR) is 75.8 cm³/mol. The van der Waals surface area contributed by atoms with Crippen LogP contribution >= 0.6 is 0 Å². The first kappa shape index (κ1) is 12.5. The minimum Gasteiger partial charge on any atom is -0.492 e. The average molecular weight is 269 g/mol. The van der Waals surface area contributed by atoms with Crippen LogP contribution in [0.5, 0.6) is 5.75 Å². The van der Waals surface area contributed by atoms with Crippen molar-refractivity contribution in [1.82, 2.24) is 4.90 Å². The van der Waals surface area contributed by atoms with Crippen LogP contribution in [0.1, 0.15) is 5.56 Å². The molecule has 0 radical (unpaired) electrons. The lowest BCUT2D eigenvalue weighted by Crippen LogP contribution is -2.40. The number of rotatable bonds is 4. The third kappa shape index (κ3) is 2.32. The first-order valence-corrected chi connectivity index (χ1v) is 6.46. The summed E-state index contributed by atoms with van der Waals surface area (Å²) >= 11 is 0. The largest absolute Gasteiger partial charge is 0.492 e. The molecular formula is C16H15NO3. The second kappa shape index (κ2) is 5.25. The van der Waals surface area contributed by atoms with Crippen LogP contribution in [0.3, 0.4) is 0 Å². The van der Waals surface area contributed by atoms with E-state index >= 15 is 0 Å². The lowest BCUT2D eigenvalue weighted by atomic mass is 10.1. The molecule has 20 heavy (non-hydrogen) atoms. The summed E-state index contributed by atoms with van der Waals surface area (Å²) in [5, 5.41) is 0. The molecule has 4 heteroatoms. The van der Waals surface area contributed by atoms with Crippen molar-refractivity contribution in [1.29, 1.82) is 0 Å². The number of fused-ring (bicyclic) bond motifs is 1. The fraction of sp³-hybridized carbons (Fsp3) is 0.188. The third-order valence-electron chi connectivity index (χ3n) is 3.19. The number of carbonyl (C=O) groups excluding carboxylic acids is 1. The number of benzene rings is 1. The van der Waals surface area contributed by atoms with Crippen LogP contribution in [0.15, 0.2) is 54.8 Å². The standard InChI is InChI=1S/C16H15NO3/c1-2-9-19-13-10-15(18)17(11-13)16-8-7-12-5-3-4-6-14(12)20-16/h2-8,10,16H,1,9,11H2. The summed E-state index contributed by atoms with van der Waals surface area (Å²) in [5.41, 5.74) is 1.02. The summed E-state index contributed by atoms with van der Waals surface area (Å²) in [7, 11) is 0. The molecule has 1 amide bonds. The number of ether oxygens (including phenoxy) is 2. The molecule has 0 spiro atoms. The van der Waals surface area contributed by atoms with E-state index in [1.807, 2.05) is 36.4 Å². The van der Waals surface area contributed by atoms with Crippen molar-refractivity contribution < 1.29 is 14.3 Å². The topological polar surface area (TPSA) is 38.8 Å². The van der Waals surface area contributed by atoms with E-state index in [2.05, 4.69) is 6.58 Å². The zero-order chi connectivity index (χ0) is 13.9. The summed E-state index contributed by atoms with van der Waals surface area (Å²) < 4.78 is 11.3. The Morgan fingerprint density at radius 2 is 2.30 bits per heavy atom. The average Bonchev–Trinajstić information content (AvgIpc) is 2.85. The monoisotopic (exact) mass is 269 g/mol. The second-order valence-corrected chi connectivity index (χ2v) is 4.58. The zero-order valence-electron chi connectivity index (χ0n) is 11.0. The molecule has 0 aliphatic carbocycles. The van der Waals surface area contributed by atoms with Gasteiger partial charge in [0.2, 0.25) is 0 Å². The molecule has 2 aliphatic heterocycles. The van der Waals surface area contributed by atoms with Gasteiger partial charge >= 0.3 is 0 Å². The van der Waals surface area contributed by atoms with Crippen molar-refractivity contribution in [2.75, 3.05) is 13.2 Å². The maximum Gasteiger partial charge on any atom is 0.253 e. The number of hydrogen-bond donors (Lipinski definition) is 0. The fourth-order valence-electron chi connectivity index (χ4n) is 2.23. The van der Waals surface area contributed by atoms with Gasteiger partial charge < -0.3 is 9.47 Å². The molecule has 1 aromatic carbocycles. The van der Waals surface area contributed by atoms with Crippen LogP contribution in [0.2, 0.25) is 0 Å².